The molecule has 2 aromatic carbocycles. The van der Waals surface area contributed by atoms with Crippen LogP contribution < -0.4 is 20.3 Å². The maximum atomic E-state index is 12.0. The van der Waals surface area contributed by atoms with Crippen LogP contribution in [0.15, 0.2) is 48.5 Å². The summed E-state index contributed by atoms with van der Waals surface area (Å²) in [6.07, 6.45) is -0.876. The fraction of sp³-hybridized carbons (Fsp3) is 0.158. The summed E-state index contributed by atoms with van der Waals surface area (Å²) in [6.45, 7) is 1.14. The molecule has 8 heteroatoms. The molecule has 0 bridgehead atoms. The first-order valence-corrected chi connectivity index (χ1v) is 7.91. The van der Waals surface area contributed by atoms with Crippen molar-refractivity contribution in [2.75, 3.05) is 6.61 Å². The number of hydrogen-bond acceptors (Lipinski definition) is 6. The lowest BCUT2D eigenvalue weighted by molar-refractivity contribution is -0.133. The Labute approximate surface area is 155 Å². The molecule has 0 saturated heterocycles. The minimum atomic E-state index is -0.876. The molecule has 1 unspecified atom stereocenters. The Kier molecular flexibility index (Phi) is 6.75. The van der Waals surface area contributed by atoms with E-state index in [0.29, 0.717) is 16.9 Å². The molecule has 0 fully saturated rings. The lowest BCUT2D eigenvalue weighted by Gasteiger charge is -2.15. The summed E-state index contributed by atoms with van der Waals surface area (Å²) in [5, 5.41) is 17.7. The summed E-state index contributed by atoms with van der Waals surface area (Å²) in [5.74, 6) is -0.467. The Balaban J connectivity index is 1.77. The summed E-state index contributed by atoms with van der Waals surface area (Å²) in [6, 6.07) is 16.7. The number of hydrogen-bond donors (Lipinski definition) is 2. The number of hydrazine groups is 1. The van der Waals surface area contributed by atoms with E-state index in [9.17, 15) is 9.59 Å². The maximum Gasteiger partial charge on any atom is 0.279 e. The van der Waals surface area contributed by atoms with Crippen molar-refractivity contribution >= 4 is 11.8 Å². The Hall–Kier alpha value is -4.04. The number of nitriles is 2. The second-order valence-corrected chi connectivity index (χ2v) is 5.33. The van der Waals surface area contributed by atoms with Gasteiger partial charge in [-0.15, -0.1) is 0 Å². The van der Waals surface area contributed by atoms with E-state index >= 15 is 0 Å². The van der Waals surface area contributed by atoms with E-state index in [1.165, 1.54) is 6.92 Å². The summed E-state index contributed by atoms with van der Waals surface area (Å²) in [5.41, 5.74) is 5.22. The van der Waals surface area contributed by atoms with Gasteiger partial charge < -0.3 is 9.47 Å². The number of rotatable bonds is 6. The van der Waals surface area contributed by atoms with Crippen LogP contribution in [0.4, 0.5) is 0 Å². The van der Waals surface area contributed by atoms with Crippen LogP contribution in [0.5, 0.6) is 11.5 Å². The topological polar surface area (TPSA) is 124 Å². The van der Waals surface area contributed by atoms with Crippen LogP contribution in [0.1, 0.15) is 18.1 Å². The summed E-state index contributed by atoms with van der Waals surface area (Å²) in [7, 11) is 0. The minimum Gasteiger partial charge on any atom is -0.482 e. The van der Waals surface area contributed by atoms with Crippen molar-refractivity contribution in [1.29, 1.82) is 10.5 Å². The van der Waals surface area contributed by atoms with Gasteiger partial charge in [0.2, 0.25) is 0 Å². The van der Waals surface area contributed by atoms with E-state index in [1.54, 1.807) is 48.5 Å². The highest BCUT2D eigenvalue weighted by Gasteiger charge is 2.15. The highest BCUT2D eigenvalue weighted by molar-refractivity contribution is 5.85. The predicted molar refractivity (Wildman–Crippen MR) is 94.2 cm³/mol. The second-order valence-electron chi connectivity index (χ2n) is 5.33. The smallest absolute Gasteiger partial charge is 0.279 e. The third-order valence-corrected chi connectivity index (χ3v) is 3.36. The number of carbonyl (C=O) groups excluding carboxylic acids is 2. The van der Waals surface area contributed by atoms with Crippen LogP contribution in [-0.4, -0.2) is 24.5 Å². The molecule has 2 aromatic rings. The summed E-state index contributed by atoms with van der Waals surface area (Å²) < 4.78 is 10.7. The van der Waals surface area contributed by atoms with Crippen molar-refractivity contribution < 1.29 is 19.1 Å². The average molecular weight is 364 g/mol. The molecule has 0 aliphatic rings. The predicted octanol–water partition coefficient (Wildman–Crippen LogP) is 1.42. The van der Waals surface area contributed by atoms with E-state index in [2.05, 4.69) is 10.9 Å². The van der Waals surface area contributed by atoms with Gasteiger partial charge in [0.1, 0.15) is 17.6 Å². The molecule has 2 amide bonds. The monoisotopic (exact) mass is 364 g/mol. The fourth-order valence-electron chi connectivity index (χ4n) is 1.96. The summed E-state index contributed by atoms with van der Waals surface area (Å²) in [4.78, 5) is 23.7. The number of nitrogens with one attached hydrogen (secondary N) is 2. The number of carbonyl (C=O) groups is 2. The van der Waals surface area contributed by atoms with Gasteiger partial charge in [0.15, 0.2) is 12.7 Å². The highest BCUT2D eigenvalue weighted by atomic mass is 16.5. The van der Waals surface area contributed by atoms with Gasteiger partial charge in [0.25, 0.3) is 11.8 Å². The zero-order valence-electron chi connectivity index (χ0n) is 14.4. The van der Waals surface area contributed by atoms with Gasteiger partial charge in [0, 0.05) is 0 Å². The van der Waals surface area contributed by atoms with Crippen molar-refractivity contribution in [3.63, 3.8) is 0 Å². The first-order chi connectivity index (χ1) is 13.0. The van der Waals surface area contributed by atoms with E-state index < -0.39 is 17.9 Å². The molecule has 0 radical (unpaired) electrons. The molecular formula is C19H16N4O4. The van der Waals surface area contributed by atoms with E-state index in [4.69, 9.17) is 20.0 Å². The minimum absolute atomic E-state index is 0.277. The van der Waals surface area contributed by atoms with Crippen LogP contribution in [-0.2, 0) is 9.59 Å². The fourth-order valence-corrected chi connectivity index (χ4v) is 1.96. The second kappa shape index (κ2) is 9.44. The van der Waals surface area contributed by atoms with Crippen LogP contribution in [0.3, 0.4) is 0 Å². The number of amides is 2. The quantitative estimate of drug-likeness (QED) is 0.747. The molecule has 0 aliphatic heterocycles. The molecule has 0 spiro atoms. The molecule has 136 valence electrons. The van der Waals surface area contributed by atoms with Gasteiger partial charge in [-0.2, -0.15) is 10.5 Å². The molecule has 2 rings (SSSR count). The van der Waals surface area contributed by atoms with Gasteiger partial charge in [-0.3, -0.25) is 20.4 Å². The first-order valence-electron chi connectivity index (χ1n) is 7.91. The van der Waals surface area contributed by atoms with Crippen LogP contribution >= 0.6 is 0 Å². The van der Waals surface area contributed by atoms with Crippen LogP contribution in [0.2, 0.25) is 0 Å². The Bertz CT molecular complexity index is 897. The number of ether oxygens (including phenoxy) is 2. The summed E-state index contributed by atoms with van der Waals surface area (Å²) >= 11 is 0. The van der Waals surface area contributed by atoms with Crippen LogP contribution in [0, 0.1) is 22.7 Å². The zero-order valence-corrected chi connectivity index (χ0v) is 14.4. The Morgan fingerprint density at radius 1 is 1.04 bits per heavy atom. The van der Waals surface area contributed by atoms with Crippen molar-refractivity contribution in [3.05, 3.63) is 59.7 Å². The molecule has 1 atom stereocenters. The SMILES string of the molecule is CC(Oc1ccc(C#N)cc1)C(=O)NNC(=O)COc1ccccc1C#N. The van der Waals surface area contributed by atoms with Gasteiger partial charge in [-0.25, -0.2) is 0 Å². The molecular weight excluding hydrogens is 348 g/mol. The normalized spacial score (nSPS) is 10.6. The van der Waals surface area contributed by atoms with Crippen molar-refractivity contribution in [3.8, 4) is 23.6 Å². The molecule has 0 heterocycles. The molecule has 0 aliphatic carbocycles. The number of benzene rings is 2. The van der Waals surface area contributed by atoms with E-state index in [0.717, 1.165) is 0 Å². The van der Waals surface area contributed by atoms with Crippen LogP contribution in [0.25, 0.3) is 0 Å². The van der Waals surface area contributed by atoms with Gasteiger partial charge in [-0.1, -0.05) is 12.1 Å². The molecule has 0 aromatic heterocycles. The zero-order chi connectivity index (χ0) is 19.6. The number of para-hydroxylation sites is 1. The van der Waals surface area contributed by atoms with Gasteiger partial charge in [0.05, 0.1) is 17.2 Å². The van der Waals surface area contributed by atoms with Crippen molar-refractivity contribution in [2.45, 2.75) is 13.0 Å². The highest BCUT2D eigenvalue weighted by Crippen LogP contribution is 2.16. The largest absolute Gasteiger partial charge is 0.482 e. The Morgan fingerprint density at radius 2 is 1.74 bits per heavy atom. The maximum absolute atomic E-state index is 12.0. The molecule has 2 N–H and O–H groups in total. The van der Waals surface area contributed by atoms with Gasteiger partial charge >= 0.3 is 0 Å². The third-order valence-electron chi connectivity index (χ3n) is 3.36. The third kappa shape index (κ3) is 5.76. The number of nitrogens with zero attached hydrogens (tertiary/aromatic N) is 2. The molecule has 0 saturated carbocycles. The molecule has 8 nitrogen and oxygen atoms in total. The van der Waals surface area contributed by atoms with E-state index in [1.807, 2.05) is 12.1 Å². The van der Waals surface area contributed by atoms with Crippen molar-refractivity contribution in [2.24, 2.45) is 0 Å². The molecule has 27 heavy (non-hydrogen) atoms. The first kappa shape index (κ1) is 19.3. The Morgan fingerprint density at radius 3 is 2.41 bits per heavy atom. The standard InChI is InChI=1S/C19H16N4O4/c1-13(27-16-8-6-14(10-20)7-9-16)19(25)23-22-18(24)12-26-17-5-3-2-4-15(17)11-21/h2-9,13H,12H2,1H3,(H,22,24)(H,23,25). The lowest BCUT2D eigenvalue weighted by Crippen LogP contribution is -2.48. The van der Waals surface area contributed by atoms with E-state index in [-0.39, 0.29) is 12.4 Å². The lowest BCUT2D eigenvalue weighted by atomic mass is 10.2. The van der Waals surface area contributed by atoms with Crippen molar-refractivity contribution in [1.82, 2.24) is 10.9 Å². The van der Waals surface area contributed by atoms with Gasteiger partial charge in [-0.05, 0) is 43.3 Å². The average Bonchev–Trinajstić information content (AvgIpc) is 2.71.